The van der Waals surface area contributed by atoms with E-state index in [1.807, 2.05) is 19.9 Å². The first kappa shape index (κ1) is 9.88. The third kappa shape index (κ3) is 1.94. The molecule has 1 atom stereocenters. The predicted molar refractivity (Wildman–Crippen MR) is 55.2 cm³/mol. The molecule has 1 unspecified atom stereocenters. The van der Waals surface area contributed by atoms with Crippen LogP contribution >= 0.6 is 23.2 Å². The Bertz CT molecular complexity index is 290. The molecule has 0 nitrogen and oxygen atoms in total. The van der Waals surface area contributed by atoms with Crippen LogP contribution in [0.15, 0.2) is 12.1 Å². The standard InChI is InChI=1S/C10H12Cl2/c1-6-4-9(8(3)11)10(12)5-7(6)2/h4-5,8H,1-3H3. The SMILES string of the molecule is Cc1cc(Cl)c(C(C)Cl)cc1C. The van der Waals surface area contributed by atoms with Gasteiger partial charge in [-0.2, -0.15) is 0 Å². The first-order valence-electron chi connectivity index (χ1n) is 3.93. The summed E-state index contributed by atoms with van der Waals surface area (Å²) in [7, 11) is 0. The minimum Gasteiger partial charge on any atom is -0.118 e. The van der Waals surface area contributed by atoms with Crippen LogP contribution < -0.4 is 0 Å². The largest absolute Gasteiger partial charge is 0.118 e. The molecule has 1 aromatic carbocycles. The lowest BCUT2D eigenvalue weighted by Crippen LogP contribution is -1.90. The van der Waals surface area contributed by atoms with E-state index in [1.165, 1.54) is 11.1 Å². The van der Waals surface area contributed by atoms with Gasteiger partial charge in [-0.05, 0) is 43.5 Å². The van der Waals surface area contributed by atoms with Gasteiger partial charge in [-0.15, -0.1) is 11.6 Å². The number of alkyl halides is 1. The zero-order chi connectivity index (χ0) is 9.30. The predicted octanol–water partition coefficient (Wildman–Crippen LogP) is 4.26. The van der Waals surface area contributed by atoms with Crippen molar-refractivity contribution in [2.45, 2.75) is 26.1 Å². The van der Waals surface area contributed by atoms with Crippen molar-refractivity contribution in [3.63, 3.8) is 0 Å². The summed E-state index contributed by atoms with van der Waals surface area (Å²) >= 11 is 12.0. The molecule has 0 aliphatic carbocycles. The fraction of sp³-hybridized carbons (Fsp3) is 0.400. The summed E-state index contributed by atoms with van der Waals surface area (Å²) in [6, 6.07) is 4.01. The Morgan fingerprint density at radius 3 is 2.17 bits per heavy atom. The molecule has 0 saturated heterocycles. The molecule has 1 aromatic rings. The number of hydrogen-bond acceptors (Lipinski definition) is 0. The third-order valence-electron chi connectivity index (χ3n) is 2.04. The summed E-state index contributed by atoms with van der Waals surface area (Å²) in [4.78, 5) is 0. The van der Waals surface area contributed by atoms with Crippen LogP contribution in [0.5, 0.6) is 0 Å². The summed E-state index contributed by atoms with van der Waals surface area (Å²) in [5.74, 6) is 0. The van der Waals surface area contributed by atoms with E-state index in [-0.39, 0.29) is 5.38 Å². The minimum atomic E-state index is -0.0169. The molecule has 1 rings (SSSR count). The summed E-state index contributed by atoms with van der Waals surface area (Å²) in [5.41, 5.74) is 3.46. The molecule has 0 heterocycles. The summed E-state index contributed by atoms with van der Waals surface area (Å²) < 4.78 is 0. The van der Waals surface area contributed by atoms with Gasteiger partial charge in [-0.25, -0.2) is 0 Å². The van der Waals surface area contributed by atoms with Crippen molar-refractivity contribution in [2.75, 3.05) is 0 Å². The topological polar surface area (TPSA) is 0 Å². The molecular weight excluding hydrogens is 191 g/mol. The zero-order valence-electron chi connectivity index (χ0n) is 7.49. The van der Waals surface area contributed by atoms with Gasteiger partial charge in [0.15, 0.2) is 0 Å². The highest BCUT2D eigenvalue weighted by Gasteiger charge is 2.07. The fourth-order valence-electron chi connectivity index (χ4n) is 1.11. The van der Waals surface area contributed by atoms with E-state index in [4.69, 9.17) is 23.2 Å². The van der Waals surface area contributed by atoms with Gasteiger partial charge in [-0.3, -0.25) is 0 Å². The van der Waals surface area contributed by atoms with Crippen LogP contribution in [0.1, 0.15) is 29.0 Å². The number of halogens is 2. The molecule has 0 fully saturated rings. The van der Waals surface area contributed by atoms with E-state index in [2.05, 4.69) is 13.0 Å². The number of hydrogen-bond donors (Lipinski definition) is 0. The average Bonchev–Trinajstić information content (AvgIpc) is 1.96. The summed E-state index contributed by atoms with van der Waals surface area (Å²) in [5, 5.41) is 0.748. The lowest BCUT2D eigenvalue weighted by molar-refractivity contribution is 1.07. The second-order valence-corrected chi connectivity index (χ2v) is 4.14. The zero-order valence-corrected chi connectivity index (χ0v) is 9.00. The van der Waals surface area contributed by atoms with Crippen molar-refractivity contribution >= 4 is 23.2 Å². The van der Waals surface area contributed by atoms with Gasteiger partial charge in [0.05, 0.1) is 5.38 Å². The molecule has 0 saturated carbocycles. The molecule has 0 amide bonds. The quantitative estimate of drug-likeness (QED) is 0.598. The summed E-state index contributed by atoms with van der Waals surface area (Å²) in [6.45, 7) is 6.04. The van der Waals surface area contributed by atoms with E-state index in [0.29, 0.717) is 0 Å². The Labute approximate surface area is 83.5 Å². The first-order valence-corrected chi connectivity index (χ1v) is 4.74. The van der Waals surface area contributed by atoms with Gasteiger partial charge in [0.25, 0.3) is 0 Å². The molecule has 0 spiro atoms. The van der Waals surface area contributed by atoms with Gasteiger partial charge in [0.1, 0.15) is 0 Å². The van der Waals surface area contributed by atoms with Crippen molar-refractivity contribution < 1.29 is 0 Å². The molecule has 0 bridgehead atoms. The average molecular weight is 203 g/mol. The van der Waals surface area contributed by atoms with Crippen LogP contribution in [0.3, 0.4) is 0 Å². The summed E-state index contributed by atoms with van der Waals surface area (Å²) in [6.07, 6.45) is 0. The van der Waals surface area contributed by atoms with Crippen LogP contribution in [0.4, 0.5) is 0 Å². The Kier molecular flexibility index (Phi) is 3.03. The van der Waals surface area contributed by atoms with E-state index < -0.39 is 0 Å². The van der Waals surface area contributed by atoms with Crippen LogP contribution in [-0.2, 0) is 0 Å². The second kappa shape index (κ2) is 3.68. The van der Waals surface area contributed by atoms with E-state index >= 15 is 0 Å². The molecule has 0 aliphatic heterocycles. The number of benzene rings is 1. The highest BCUT2D eigenvalue weighted by Crippen LogP contribution is 2.29. The molecule has 2 heteroatoms. The number of rotatable bonds is 1. The van der Waals surface area contributed by atoms with Crippen molar-refractivity contribution in [2.24, 2.45) is 0 Å². The van der Waals surface area contributed by atoms with Gasteiger partial charge < -0.3 is 0 Å². The van der Waals surface area contributed by atoms with Crippen molar-refractivity contribution in [3.05, 3.63) is 33.8 Å². The molecule has 66 valence electrons. The molecule has 0 aliphatic rings. The molecular formula is C10H12Cl2. The van der Waals surface area contributed by atoms with Gasteiger partial charge in [0.2, 0.25) is 0 Å². The number of aryl methyl sites for hydroxylation is 2. The second-order valence-electron chi connectivity index (χ2n) is 3.07. The van der Waals surface area contributed by atoms with Crippen LogP contribution in [-0.4, -0.2) is 0 Å². The minimum absolute atomic E-state index is 0.0169. The normalized spacial score (nSPS) is 13.1. The molecule has 12 heavy (non-hydrogen) atoms. The van der Waals surface area contributed by atoms with Crippen molar-refractivity contribution in [3.8, 4) is 0 Å². The van der Waals surface area contributed by atoms with Gasteiger partial charge in [-0.1, -0.05) is 17.7 Å². The van der Waals surface area contributed by atoms with Crippen LogP contribution in [0, 0.1) is 13.8 Å². The van der Waals surface area contributed by atoms with Crippen LogP contribution in [0.25, 0.3) is 0 Å². The highest BCUT2D eigenvalue weighted by atomic mass is 35.5. The van der Waals surface area contributed by atoms with E-state index in [0.717, 1.165) is 10.6 Å². The molecule has 0 aromatic heterocycles. The highest BCUT2D eigenvalue weighted by molar-refractivity contribution is 6.32. The lowest BCUT2D eigenvalue weighted by Gasteiger charge is -2.09. The van der Waals surface area contributed by atoms with Crippen molar-refractivity contribution in [1.29, 1.82) is 0 Å². The molecule has 0 radical (unpaired) electrons. The monoisotopic (exact) mass is 202 g/mol. The Hall–Kier alpha value is -0.200. The maximum atomic E-state index is 6.01. The fourth-order valence-corrected chi connectivity index (χ4v) is 1.73. The van der Waals surface area contributed by atoms with Crippen LogP contribution in [0.2, 0.25) is 5.02 Å². The lowest BCUT2D eigenvalue weighted by atomic mass is 10.0. The van der Waals surface area contributed by atoms with E-state index in [9.17, 15) is 0 Å². The van der Waals surface area contributed by atoms with Crippen molar-refractivity contribution in [1.82, 2.24) is 0 Å². The maximum absolute atomic E-state index is 6.01. The first-order chi connectivity index (χ1) is 5.52. The Morgan fingerprint density at radius 1 is 1.17 bits per heavy atom. The smallest absolute Gasteiger partial charge is 0.0571 e. The van der Waals surface area contributed by atoms with Gasteiger partial charge >= 0.3 is 0 Å². The third-order valence-corrected chi connectivity index (χ3v) is 2.60. The Morgan fingerprint density at radius 2 is 1.67 bits per heavy atom. The maximum Gasteiger partial charge on any atom is 0.0571 e. The Balaban J connectivity index is 3.23. The molecule has 0 N–H and O–H groups in total. The van der Waals surface area contributed by atoms with E-state index in [1.54, 1.807) is 0 Å². The van der Waals surface area contributed by atoms with Gasteiger partial charge in [0, 0.05) is 5.02 Å².